The van der Waals surface area contributed by atoms with Crippen LogP contribution in [-0.4, -0.2) is 74.5 Å². The molecule has 0 bridgehead atoms. The third kappa shape index (κ3) is 5.59. The number of aromatic nitrogens is 2. The molecular weight excluding hydrogens is 450 g/mol. The number of carboxylic acid groups (broad SMARTS) is 2. The largest absolute Gasteiger partial charge is 0.481 e. The molecule has 0 radical (unpaired) electrons. The van der Waals surface area contributed by atoms with Crippen LogP contribution in [0.1, 0.15) is 23.2 Å². The zero-order valence-corrected chi connectivity index (χ0v) is 17.8. The predicted octanol–water partition coefficient (Wildman–Crippen LogP) is -0.413. The first-order chi connectivity index (χ1) is 16.2. The third-order valence-electron chi connectivity index (χ3n) is 5.09. The summed E-state index contributed by atoms with van der Waals surface area (Å²) in [5, 5.41) is 27.3. The Morgan fingerprint density at radius 1 is 1.26 bits per heavy atom. The van der Waals surface area contributed by atoms with E-state index in [1.807, 2.05) is 0 Å². The third-order valence-corrected chi connectivity index (χ3v) is 5.09. The van der Waals surface area contributed by atoms with E-state index >= 15 is 0 Å². The van der Waals surface area contributed by atoms with Crippen molar-refractivity contribution < 1.29 is 29.4 Å². The fraction of sp³-hybridized carbons (Fsp3) is 0.300. The van der Waals surface area contributed by atoms with Gasteiger partial charge in [0.05, 0.1) is 6.04 Å². The summed E-state index contributed by atoms with van der Waals surface area (Å²) in [4.78, 5) is 65.2. The number of nitrogens with zero attached hydrogens (tertiary/aromatic N) is 2. The monoisotopic (exact) mass is 473 g/mol. The number of amides is 2. The van der Waals surface area contributed by atoms with E-state index in [0.717, 1.165) is 0 Å². The van der Waals surface area contributed by atoms with E-state index in [-0.39, 0.29) is 29.7 Å². The van der Waals surface area contributed by atoms with Gasteiger partial charge in [-0.3, -0.25) is 29.1 Å². The first-order valence-corrected chi connectivity index (χ1v) is 10.2. The topological polar surface area (TPSA) is 220 Å². The van der Waals surface area contributed by atoms with Gasteiger partial charge in [0.2, 0.25) is 12.4 Å². The highest BCUT2D eigenvalue weighted by Crippen LogP contribution is 2.20. The van der Waals surface area contributed by atoms with Crippen molar-refractivity contribution in [2.75, 3.05) is 34.8 Å². The minimum atomic E-state index is -1.60. The van der Waals surface area contributed by atoms with Crippen molar-refractivity contribution in [2.24, 2.45) is 0 Å². The van der Waals surface area contributed by atoms with Gasteiger partial charge in [-0.25, -0.2) is 4.79 Å². The molecule has 0 unspecified atom stereocenters. The SMILES string of the molecule is Nc1nc2c(c(=O)[nH]1)N[C@@H](CNc1ccc(C(=O)N(C=O)[C@@H](CCC(=O)O)C(=O)O)cc1)CN2. The number of fused-ring (bicyclic) bond motifs is 1. The number of nitrogens with two attached hydrogens (primary N) is 1. The predicted molar refractivity (Wildman–Crippen MR) is 121 cm³/mol. The average Bonchev–Trinajstić information content (AvgIpc) is 2.80. The molecule has 0 fully saturated rings. The second-order valence-electron chi connectivity index (χ2n) is 7.46. The number of carboxylic acids is 2. The maximum Gasteiger partial charge on any atom is 0.326 e. The van der Waals surface area contributed by atoms with Crippen LogP contribution in [0.5, 0.6) is 0 Å². The minimum Gasteiger partial charge on any atom is -0.481 e. The Morgan fingerprint density at radius 2 is 1.97 bits per heavy atom. The maximum absolute atomic E-state index is 12.7. The number of hydrogen-bond donors (Lipinski definition) is 7. The zero-order valence-electron chi connectivity index (χ0n) is 17.8. The number of aromatic amines is 1. The van der Waals surface area contributed by atoms with E-state index in [1.165, 1.54) is 12.1 Å². The summed E-state index contributed by atoms with van der Waals surface area (Å²) < 4.78 is 0. The van der Waals surface area contributed by atoms with E-state index in [1.54, 1.807) is 12.1 Å². The van der Waals surface area contributed by atoms with Crippen LogP contribution in [0.25, 0.3) is 0 Å². The van der Waals surface area contributed by atoms with Gasteiger partial charge in [-0.1, -0.05) is 0 Å². The molecule has 0 aliphatic carbocycles. The molecule has 180 valence electrons. The summed E-state index contributed by atoms with van der Waals surface area (Å²) in [7, 11) is 0. The molecule has 34 heavy (non-hydrogen) atoms. The number of rotatable bonds is 10. The van der Waals surface area contributed by atoms with Crippen molar-refractivity contribution in [3.63, 3.8) is 0 Å². The Hall–Kier alpha value is -4.62. The number of hydrogen-bond acceptors (Lipinski definition) is 10. The molecular formula is C20H23N7O7. The normalized spacial score (nSPS) is 15.1. The molecule has 2 amide bonds. The van der Waals surface area contributed by atoms with Gasteiger partial charge in [0.15, 0.2) is 5.82 Å². The van der Waals surface area contributed by atoms with Crippen molar-refractivity contribution in [1.29, 1.82) is 0 Å². The average molecular weight is 473 g/mol. The van der Waals surface area contributed by atoms with Gasteiger partial charge < -0.3 is 31.9 Å². The molecule has 2 heterocycles. The molecule has 3 rings (SSSR count). The summed E-state index contributed by atoms with van der Waals surface area (Å²) in [6.45, 7) is 0.869. The molecule has 1 aliphatic heterocycles. The lowest BCUT2D eigenvalue weighted by Gasteiger charge is -2.27. The van der Waals surface area contributed by atoms with Crippen LogP contribution in [0, 0.1) is 0 Å². The Kier molecular flexibility index (Phi) is 7.30. The summed E-state index contributed by atoms with van der Waals surface area (Å²) in [6.07, 6.45) is -0.842. The fourth-order valence-corrected chi connectivity index (χ4v) is 3.38. The quantitative estimate of drug-likeness (QED) is 0.219. The second-order valence-corrected chi connectivity index (χ2v) is 7.46. The van der Waals surface area contributed by atoms with E-state index in [4.69, 9.17) is 10.8 Å². The first kappa shape index (κ1) is 24.0. The number of carbonyl (C=O) groups excluding carboxylic acids is 2. The smallest absolute Gasteiger partial charge is 0.326 e. The number of carbonyl (C=O) groups is 4. The lowest BCUT2D eigenvalue weighted by atomic mass is 10.1. The number of benzene rings is 1. The van der Waals surface area contributed by atoms with Crippen molar-refractivity contribution in [3.05, 3.63) is 40.2 Å². The Labute approximate surface area is 192 Å². The summed E-state index contributed by atoms with van der Waals surface area (Å²) in [6, 6.07) is 4.20. The molecule has 0 saturated carbocycles. The summed E-state index contributed by atoms with van der Waals surface area (Å²) in [5.74, 6) is -3.21. The van der Waals surface area contributed by atoms with E-state index in [2.05, 4.69) is 25.9 Å². The molecule has 1 aliphatic rings. The standard InChI is InChI=1S/C20H23N7O7/c21-20-25-16-15(17(31)26-20)24-12(8-23-16)7-22-11-3-1-10(2-4-11)18(32)27(9-28)13(19(33)34)5-6-14(29)30/h1-4,9,12-13,22,24H,5-8H2,(H,29,30)(H,33,34)(H4,21,23,25,26,31)/t12-,13-/m0/s1. The van der Waals surface area contributed by atoms with Gasteiger partial charge in [0.25, 0.3) is 11.5 Å². The molecule has 14 heteroatoms. The Balaban J connectivity index is 1.62. The highest BCUT2D eigenvalue weighted by Gasteiger charge is 2.30. The van der Waals surface area contributed by atoms with E-state index in [0.29, 0.717) is 29.5 Å². The molecule has 0 spiro atoms. The van der Waals surface area contributed by atoms with Crippen molar-refractivity contribution >= 4 is 47.4 Å². The van der Waals surface area contributed by atoms with Crippen LogP contribution in [0.2, 0.25) is 0 Å². The first-order valence-electron chi connectivity index (χ1n) is 10.2. The highest BCUT2D eigenvalue weighted by atomic mass is 16.4. The zero-order chi connectivity index (χ0) is 24.8. The van der Waals surface area contributed by atoms with Gasteiger partial charge in [0, 0.05) is 30.8 Å². The van der Waals surface area contributed by atoms with Crippen LogP contribution >= 0.6 is 0 Å². The van der Waals surface area contributed by atoms with Crippen molar-refractivity contribution in [3.8, 4) is 0 Å². The summed E-state index contributed by atoms with van der Waals surface area (Å²) in [5.41, 5.74) is 6.09. The molecule has 8 N–H and O–H groups in total. The van der Waals surface area contributed by atoms with Crippen molar-refractivity contribution in [1.82, 2.24) is 14.9 Å². The van der Waals surface area contributed by atoms with E-state index in [9.17, 15) is 29.1 Å². The van der Waals surface area contributed by atoms with Gasteiger partial charge in [-0.15, -0.1) is 0 Å². The summed E-state index contributed by atoms with van der Waals surface area (Å²) >= 11 is 0. The van der Waals surface area contributed by atoms with Crippen LogP contribution in [-0.2, 0) is 14.4 Å². The molecule has 0 saturated heterocycles. The van der Waals surface area contributed by atoms with Gasteiger partial charge in [0.1, 0.15) is 11.7 Å². The number of aliphatic carboxylic acids is 2. The lowest BCUT2D eigenvalue weighted by Crippen LogP contribution is -2.44. The van der Waals surface area contributed by atoms with Gasteiger partial charge >= 0.3 is 11.9 Å². The molecule has 1 aromatic carbocycles. The van der Waals surface area contributed by atoms with Crippen LogP contribution < -0.4 is 27.2 Å². The second kappa shape index (κ2) is 10.3. The Morgan fingerprint density at radius 3 is 2.59 bits per heavy atom. The van der Waals surface area contributed by atoms with Crippen molar-refractivity contribution in [2.45, 2.75) is 24.9 Å². The highest BCUT2D eigenvalue weighted by molar-refractivity contribution is 6.02. The van der Waals surface area contributed by atoms with Crippen LogP contribution in [0.3, 0.4) is 0 Å². The minimum absolute atomic E-state index is 0.00830. The van der Waals surface area contributed by atoms with Gasteiger partial charge in [-0.05, 0) is 30.7 Å². The molecule has 2 aromatic rings. The Bertz CT molecular complexity index is 1150. The number of nitrogens with one attached hydrogen (secondary N) is 4. The number of H-pyrrole nitrogens is 1. The maximum atomic E-state index is 12.7. The lowest BCUT2D eigenvalue weighted by molar-refractivity contribution is -0.146. The number of nitrogen functional groups attached to an aromatic ring is 1. The number of imide groups is 1. The van der Waals surface area contributed by atoms with E-state index < -0.39 is 42.3 Å². The molecule has 2 atom stereocenters. The fourth-order valence-electron chi connectivity index (χ4n) is 3.38. The molecule has 14 nitrogen and oxygen atoms in total. The number of anilines is 4. The molecule has 1 aromatic heterocycles. The van der Waals surface area contributed by atoms with Crippen LogP contribution in [0.4, 0.5) is 23.1 Å². The van der Waals surface area contributed by atoms with Crippen LogP contribution in [0.15, 0.2) is 29.1 Å². The van der Waals surface area contributed by atoms with Gasteiger partial charge in [-0.2, -0.15) is 4.98 Å².